The van der Waals surface area contributed by atoms with Gasteiger partial charge in [0.15, 0.2) is 0 Å². The zero-order valence-corrected chi connectivity index (χ0v) is 12.6. The number of para-hydroxylation sites is 1. The number of hydrogen-bond donors (Lipinski definition) is 2. The maximum atomic E-state index is 11.8. The Morgan fingerprint density at radius 1 is 1.09 bits per heavy atom. The molecule has 0 spiro atoms. The Kier molecular flexibility index (Phi) is 3.42. The van der Waals surface area contributed by atoms with Crippen LogP contribution in [0.15, 0.2) is 64.5 Å². The Labute approximate surface area is 133 Å². The van der Waals surface area contributed by atoms with Crippen molar-refractivity contribution in [2.24, 2.45) is 5.10 Å². The van der Waals surface area contributed by atoms with Crippen LogP contribution in [0.25, 0.3) is 10.9 Å². The fourth-order valence-corrected chi connectivity index (χ4v) is 3.08. The van der Waals surface area contributed by atoms with Gasteiger partial charge in [0.25, 0.3) is 0 Å². The van der Waals surface area contributed by atoms with Gasteiger partial charge in [-0.05, 0) is 29.2 Å². The maximum Gasteiger partial charge on any atom is 0.248 e. The van der Waals surface area contributed by atoms with E-state index < -0.39 is 0 Å². The highest BCUT2D eigenvalue weighted by Crippen LogP contribution is 2.21. The van der Waals surface area contributed by atoms with Gasteiger partial charge in [-0.1, -0.05) is 42.5 Å². The first-order valence-electron chi connectivity index (χ1n) is 7.75. The molecule has 1 unspecified atom stereocenters. The van der Waals surface area contributed by atoms with Crippen LogP contribution in [0.4, 0.5) is 0 Å². The molecule has 3 aromatic rings. The van der Waals surface area contributed by atoms with E-state index in [1.165, 1.54) is 11.1 Å². The highest BCUT2D eigenvalue weighted by Gasteiger charge is 2.12. The van der Waals surface area contributed by atoms with Gasteiger partial charge in [0.1, 0.15) is 0 Å². The summed E-state index contributed by atoms with van der Waals surface area (Å²) in [5.41, 5.74) is 7.34. The molecule has 0 saturated heterocycles. The van der Waals surface area contributed by atoms with Crippen molar-refractivity contribution in [2.75, 3.05) is 6.54 Å². The van der Waals surface area contributed by atoms with Gasteiger partial charge in [0, 0.05) is 35.6 Å². The van der Waals surface area contributed by atoms with Gasteiger partial charge in [-0.15, -0.1) is 0 Å². The Morgan fingerprint density at radius 2 is 1.91 bits per heavy atom. The zero-order valence-electron chi connectivity index (χ0n) is 12.6. The van der Waals surface area contributed by atoms with Crippen LogP contribution in [-0.4, -0.2) is 17.7 Å². The van der Waals surface area contributed by atoms with Gasteiger partial charge in [-0.3, -0.25) is 4.79 Å². The average Bonchev–Trinajstić information content (AvgIpc) is 3.10. The molecular formula is C19H17N3O. The Bertz CT molecular complexity index is 925. The van der Waals surface area contributed by atoms with Crippen molar-refractivity contribution in [1.82, 2.24) is 10.4 Å². The monoisotopic (exact) mass is 303 g/mol. The summed E-state index contributed by atoms with van der Waals surface area (Å²) >= 11 is 0. The normalized spacial score (nSPS) is 16.6. The summed E-state index contributed by atoms with van der Waals surface area (Å²) in [5, 5.41) is 5.16. The summed E-state index contributed by atoms with van der Waals surface area (Å²) in [5.74, 6) is 0.351. The second-order valence-electron chi connectivity index (χ2n) is 5.87. The predicted octanol–water partition coefficient (Wildman–Crippen LogP) is 2.79. The first-order valence-corrected chi connectivity index (χ1v) is 7.75. The van der Waals surface area contributed by atoms with Crippen LogP contribution in [0.1, 0.15) is 22.6 Å². The van der Waals surface area contributed by atoms with E-state index in [-0.39, 0.29) is 5.56 Å². The number of nitrogens with one attached hydrogen (secondary N) is 2. The van der Waals surface area contributed by atoms with Crippen LogP contribution in [0, 0.1) is 0 Å². The standard InChI is InChI=1S/C19H17N3O/c23-19-10-15(17-3-1-2-4-18(17)22-19)9-13-5-7-14(8-6-13)16-11-20-21-12-16/h1-8,10-11,16,21H,9,12H2,(H,22,23). The van der Waals surface area contributed by atoms with Gasteiger partial charge in [-0.2, -0.15) is 5.10 Å². The maximum absolute atomic E-state index is 11.8. The second kappa shape index (κ2) is 5.72. The molecule has 1 aliphatic heterocycles. The SMILES string of the molecule is O=c1cc(Cc2ccc(C3C=NNC3)cc2)c2ccccc2[nH]1. The van der Waals surface area contributed by atoms with Gasteiger partial charge >= 0.3 is 0 Å². The minimum atomic E-state index is -0.0523. The molecule has 0 aliphatic carbocycles. The van der Waals surface area contributed by atoms with Crippen molar-refractivity contribution >= 4 is 17.1 Å². The van der Waals surface area contributed by atoms with Gasteiger partial charge in [0.2, 0.25) is 5.56 Å². The minimum Gasteiger partial charge on any atom is -0.322 e. The van der Waals surface area contributed by atoms with E-state index in [2.05, 4.69) is 45.8 Å². The molecule has 2 aromatic carbocycles. The number of benzene rings is 2. The van der Waals surface area contributed by atoms with Crippen molar-refractivity contribution < 1.29 is 0 Å². The predicted molar refractivity (Wildman–Crippen MR) is 93.1 cm³/mol. The van der Waals surface area contributed by atoms with E-state index in [4.69, 9.17) is 0 Å². The molecule has 23 heavy (non-hydrogen) atoms. The van der Waals surface area contributed by atoms with Crippen LogP contribution in [0.3, 0.4) is 0 Å². The number of rotatable bonds is 3. The lowest BCUT2D eigenvalue weighted by Gasteiger charge is -2.09. The molecule has 0 radical (unpaired) electrons. The molecule has 0 saturated carbocycles. The Morgan fingerprint density at radius 3 is 2.70 bits per heavy atom. The second-order valence-corrected chi connectivity index (χ2v) is 5.87. The van der Waals surface area contributed by atoms with Crippen LogP contribution in [0.2, 0.25) is 0 Å². The number of nitrogens with zero attached hydrogens (tertiary/aromatic N) is 1. The fraction of sp³-hybridized carbons (Fsp3) is 0.158. The summed E-state index contributed by atoms with van der Waals surface area (Å²) in [4.78, 5) is 14.7. The van der Waals surface area contributed by atoms with E-state index in [0.29, 0.717) is 5.92 Å². The highest BCUT2D eigenvalue weighted by molar-refractivity contribution is 5.82. The van der Waals surface area contributed by atoms with Crippen molar-refractivity contribution in [3.05, 3.63) is 81.6 Å². The molecule has 114 valence electrons. The summed E-state index contributed by atoms with van der Waals surface area (Å²) in [6.45, 7) is 0.859. The first-order chi connectivity index (χ1) is 11.3. The van der Waals surface area contributed by atoms with Gasteiger partial charge in [0.05, 0.1) is 0 Å². The molecule has 0 fully saturated rings. The smallest absolute Gasteiger partial charge is 0.248 e. The number of H-pyrrole nitrogens is 1. The number of aromatic nitrogens is 1. The number of hydrogen-bond acceptors (Lipinski definition) is 3. The van der Waals surface area contributed by atoms with E-state index in [9.17, 15) is 4.79 Å². The lowest BCUT2D eigenvalue weighted by Crippen LogP contribution is -2.08. The molecule has 2 heterocycles. The zero-order chi connectivity index (χ0) is 15.6. The molecular weight excluding hydrogens is 286 g/mol. The van der Waals surface area contributed by atoms with Crippen molar-refractivity contribution in [3.63, 3.8) is 0 Å². The molecule has 1 aliphatic rings. The average molecular weight is 303 g/mol. The third-order valence-electron chi connectivity index (χ3n) is 4.30. The molecule has 4 heteroatoms. The lowest BCUT2D eigenvalue weighted by molar-refractivity contribution is 0.764. The van der Waals surface area contributed by atoms with E-state index in [1.54, 1.807) is 6.07 Å². The first kappa shape index (κ1) is 13.8. The van der Waals surface area contributed by atoms with Crippen LogP contribution >= 0.6 is 0 Å². The number of pyridine rings is 1. The molecule has 1 atom stereocenters. The largest absolute Gasteiger partial charge is 0.322 e. The summed E-state index contributed by atoms with van der Waals surface area (Å²) < 4.78 is 0. The van der Waals surface area contributed by atoms with Crippen molar-refractivity contribution in [2.45, 2.75) is 12.3 Å². The van der Waals surface area contributed by atoms with Crippen LogP contribution < -0.4 is 11.0 Å². The molecule has 0 bridgehead atoms. The van der Waals surface area contributed by atoms with Crippen molar-refractivity contribution in [3.8, 4) is 0 Å². The van der Waals surface area contributed by atoms with Crippen LogP contribution in [-0.2, 0) is 6.42 Å². The van der Waals surface area contributed by atoms with E-state index in [1.807, 2.05) is 24.4 Å². The lowest BCUT2D eigenvalue weighted by atomic mass is 9.96. The third kappa shape index (κ3) is 2.75. The minimum absolute atomic E-state index is 0.0523. The quantitative estimate of drug-likeness (QED) is 0.781. The Balaban J connectivity index is 1.65. The fourth-order valence-electron chi connectivity index (χ4n) is 3.08. The summed E-state index contributed by atoms with van der Waals surface area (Å²) in [6.07, 6.45) is 2.70. The molecule has 4 rings (SSSR count). The third-order valence-corrected chi connectivity index (χ3v) is 4.30. The van der Waals surface area contributed by atoms with E-state index >= 15 is 0 Å². The van der Waals surface area contributed by atoms with Crippen molar-refractivity contribution in [1.29, 1.82) is 0 Å². The molecule has 4 nitrogen and oxygen atoms in total. The summed E-state index contributed by atoms with van der Waals surface area (Å²) in [6, 6.07) is 18.2. The number of fused-ring (bicyclic) bond motifs is 1. The molecule has 0 amide bonds. The Hall–Kier alpha value is -2.88. The number of hydrazone groups is 1. The van der Waals surface area contributed by atoms with Gasteiger partial charge in [-0.25, -0.2) is 0 Å². The van der Waals surface area contributed by atoms with Crippen LogP contribution in [0.5, 0.6) is 0 Å². The van der Waals surface area contributed by atoms with Gasteiger partial charge < -0.3 is 10.4 Å². The summed E-state index contributed by atoms with van der Waals surface area (Å²) in [7, 11) is 0. The number of aromatic amines is 1. The highest BCUT2D eigenvalue weighted by atomic mass is 16.1. The molecule has 2 N–H and O–H groups in total. The topological polar surface area (TPSA) is 57.2 Å². The molecule has 1 aromatic heterocycles. The van der Waals surface area contributed by atoms with E-state index in [0.717, 1.165) is 29.4 Å².